The Morgan fingerprint density at radius 2 is 1.91 bits per heavy atom. The molecular formula is C18H18N2O3. The first-order valence-electron chi connectivity index (χ1n) is 7.61. The fraction of sp³-hybridized carbons (Fsp3) is 0.278. The number of rotatable bonds is 5. The Balaban J connectivity index is 1.80. The molecule has 5 nitrogen and oxygen atoms in total. The molecule has 1 aromatic heterocycles. The lowest BCUT2D eigenvalue weighted by Gasteiger charge is -2.19. The van der Waals surface area contributed by atoms with Gasteiger partial charge in [0.05, 0.1) is 11.6 Å². The Hall–Kier alpha value is -2.69. The van der Waals surface area contributed by atoms with Crippen LogP contribution in [0.1, 0.15) is 50.9 Å². The second kappa shape index (κ2) is 6.20. The molecule has 1 heterocycles. The SMILES string of the molecule is Cc1ccc(C(NC(=O)c2cc(C(=O)O)ccn2)C2CC2)cc1. The molecule has 0 aliphatic heterocycles. The summed E-state index contributed by atoms with van der Waals surface area (Å²) in [6.45, 7) is 2.02. The van der Waals surface area contributed by atoms with Crippen molar-refractivity contribution in [3.05, 3.63) is 65.0 Å². The highest BCUT2D eigenvalue weighted by Crippen LogP contribution is 2.41. The molecule has 23 heavy (non-hydrogen) atoms. The van der Waals surface area contributed by atoms with Crippen LogP contribution in [0.4, 0.5) is 0 Å². The predicted molar refractivity (Wildman–Crippen MR) is 85.3 cm³/mol. The first-order chi connectivity index (χ1) is 11.0. The third-order valence-electron chi connectivity index (χ3n) is 4.06. The molecular weight excluding hydrogens is 292 g/mol. The number of aromatic carboxylic acids is 1. The molecule has 118 valence electrons. The number of carbonyl (C=O) groups is 2. The number of hydrogen-bond acceptors (Lipinski definition) is 3. The molecule has 1 saturated carbocycles. The molecule has 1 unspecified atom stereocenters. The average Bonchev–Trinajstić information content (AvgIpc) is 3.38. The maximum atomic E-state index is 12.4. The number of benzene rings is 1. The van der Waals surface area contributed by atoms with E-state index < -0.39 is 5.97 Å². The van der Waals surface area contributed by atoms with Crippen molar-refractivity contribution < 1.29 is 14.7 Å². The van der Waals surface area contributed by atoms with Gasteiger partial charge in [0.25, 0.3) is 5.91 Å². The van der Waals surface area contributed by atoms with Gasteiger partial charge in [-0.1, -0.05) is 29.8 Å². The van der Waals surface area contributed by atoms with Gasteiger partial charge < -0.3 is 10.4 Å². The highest BCUT2D eigenvalue weighted by atomic mass is 16.4. The summed E-state index contributed by atoms with van der Waals surface area (Å²) >= 11 is 0. The number of aromatic nitrogens is 1. The largest absolute Gasteiger partial charge is 0.478 e. The Labute approximate surface area is 134 Å². The fourth-order valence-electron chi connectivity index (χ4n) is 2.58. The number of aryl methyl sites for hydroxylation is 1. The van der Waals surface area contributed by atoms with E-state index in [1.165, 1.54) is 23.9 Å². The number of carboxylic acids is 1. The minimum absolute atomic E-state index is 0.0571. The van der Waals surface area contributed by atoms with Crippen LogP contribution in [0, 0.1) is 12.8 Å². The lowest BCUT2D eigenvalue weighted by Crippen LogP contribution is -2.30. The van der Waals surface area contributed by atoms with Crippen LogP contribution in [0.25, 0.3) is 0 Å². The van der Waals surface area contributed by atoms with Gasteiger partial charge in [-0.3, -0.25) is 9.78 Å². The molecule has 1 aliphatic rings. The van der Waals surface area contributed by atoms with Crippen LogP contribution in [0.2, 0.25) is 0 Å². The summed E-state index contributed by atoms with van der Waals surface area (Å²) in [6, 6.07) is 10.7. The zero-order valence-corrected chi connectivity index (χ0v) is 12.8. The Morgan fingerprint density at radius 1 is 1.22 bits per heavy atom. The van der Waals surface area contributed by atoms with Crippen LogP contribution >= 0.6 is 0 Å². The lowest BCUT2D eigenvalue weighted by molar-refractivity contribution is 0.0696. The summed E-state index contributed by atoms with van der Waals surface area (Å²) in [5.74, 6) is -0.978. The molecule has 5 heteroatoms. The molecule has 0 radical (unpaired) electrons. The van der Waals surface area contributed by atoms with Crippen molar-refractivity contribution in [1.29, 1.82) is 0 Å². The maximum absolute atomic E-state index is 12.4. The molecule has 0 spiro atoms. The van der Waals surface area contributed by atoms with Gasteiger partial charge in [0.2, 0.25) is 0 Å². The monoisotopic (exact) mass is 310 g/mol. The van der Waals surface area contributed by atoms with Gasteiger partial charge in [-0.25, -0.2) is 4.79 Å². The van der Waals surface area contributed by atoms with E-state index in [-0.39, 0.29) is 23.2 Å². The number of nitrogens with zero attached hydrogens (tertiary/aromatic N) is 1. The van der Waals surface area contributed by atoms with Crippen molar-refractivity contribution in [2.75, 3.05) is 0 Å². The van der Waals surface area contributed by atoms with E-state index in [0.29, 0.717) is 5.92 Å². The van der Waals surface area contributed by atoms with Crippen molar-refractivity contribution in [3.63, 3.8) is 0 Å². The van der Waals surface area contributed by atoms with E-state index >= 15 is 0 Å². The van der Waals surface area contributed by atoms with Gasteiger partial charge in [0.15, 0.2) is 0 Å². The summed E-state index contributed by atoms with van der Waals surface area (Å²) in [5, 5.41) is 12.0. The average molecular weight is 310 g/mol. The van der Waals surface area contributed by atoms with E-state index in [9.17, 15) is 9.59 Å². The van der Waals surface area contributed by atoms with Crippen molar-refractivity contribution in [2.45, 2.75) is 25.8 Å². The van der Waals surface area contributed by atoms with Gasteiger partial charge in [0, 0.05) is 6.20 Å². The van der Waals surface area contributed by atoms with Crippen molar-refractivity contribution in [3.8, 4) is 0 Å². The van der Waals surface area contributed by atoms with E-state index in [0.717, 1.165) is 18.4 Å². The van der Waals surface area contributed by atoms with Gasteiger partial charge in [-0.2, -0.15) is 0 Å². The van der Waals surface area contributed by atoms with Gasteiger partial charge >= 0.3 is 5.97 Å². The summed E-state index contributed by atoms with van der Waals surface area (Å²) < 4.78 is 0. The summed E-state index contributed by atoms with van der Waals surface area (Å²) in [5.41, 5.74) is 2.43. The number of pyridine rings is 1. The molecule has 0 saturated heterocycles. The Bertz CT molecular complexity index is 736. The number of carbonyl (C=O) groups excluding carboxylic acids is 1. The van der Waals surface area contributed by atoms with E-state index in [1.807, 2.05) is 31.2 Å². The van der Waals surface area contributed by atoms with Crippen molar-refractivity contribution >= 4 is 11.9 Å². The second-order valence-electron chi connectivity index (χ2n) is 5.93. The standard InChI is InChI=1S/C18H18N2O3/c1-11-2-4-12(5-3-11)16(13-6-7-13)20-17(21)15-10-14(18(22)23)8-9-19-15/h2-5,8-10,13,16H,6-7H2,1H3,(H,20,21)(H,22,23). The van der Waals surface area contributed by atoms with Crippen molar-refractivity contribution in [1.82, 2.24) is 10.3 Å². The first kappa shape index (κ1) is 15.2. The zero-order valence-electron chi connectivity index (χ0n) is 12.8. The maximum Gasteiger partial charge on any atom is 0.335 e. The van der Waals surface area contributed by atoms with Gasteiger partial charge in [-0.15, -0.1) is 0 Å². The molecule has 1 fully saturated rings. The minimum atomic E-state index is -1.07. The fourth-order valence-corrected chi connectivity index (χ4v) is 2.58. The number of carboxylic acid groups (broad SMARTS) is 1. The van der Waals surface area contributed by atoms with Gasteiger partial charge in [0.1, 0.15) is 5.69 Å². The number of nitrogens with one attached hydrogen (secondary N) is 1. The van der Waals surface area contributed by atoms with Crippen LogP contribution in [0.5, 0.6) is 0 Å². The minimum Gasteiger partial charge on any atom is -0.478 e. The van der Waals surface area contributed by atoms with E-state index in [2.05, 4.69) is 10.3 Å². The highest BCUT2D eigenvalue weighted by molar-refractivity contribution is 5.96. The number of amides is 1. The lowest BCUT2D eigenvalue weighted by atomic mass is 10.0. The molecule has 1 atom stereocenters. The van der Waals surface area contributed by atoms with Crippen LogP contribution in [-0.2, 0) is 0 Å². The molecule has 1 aromatic carbocycles. The number of hydrogen-bond donors (Lipinski definition) is 2. The first-order valence-corrected chi connectivity index (χ1v) is 7.61. The van der Waals surface area contributed by atoms with Crippen LogP contribution in [0.3, 0.4) is 0 Å². The third kappa shape index (κ3) is 3.56. The predicted octanol–water partition coefficient (Wildman–Crippen LogP) is 2.97. The summed E-state index contributed by atoms with van der Waals surface area (Å²) in [6.07, 6.45) is 3.51. The summed E-state index contributed by atoms with van der Waals surface area (Å²) in [7, 11) is 0. The van der Waals surface area contributed by atoms with Gasteiger partial charge in [-0.05, 0) is 43.4 Å². The Kier molecular flexibility index (Phi) is 4.10. The smallest absolute Gasteiger partial charge is 0.335 e. The zero-order chi connectivity index (χ0) is 16.4. The molecule has 2 aromatic rings. The molecule has 0 bridgehead atoms. The van der Waals surface area contributed by atoms with Crippen LogP contribution < -0.4 is 5.32 Å². The van der Waals surface area contributed by atoms with E-state index in [1.54, 1.807) is 0 Å². The second-order valence-corrected chi connectivity index (χ2v) is 5.93. The highest BCUT2D eigenvalue weighted by Gasteiger charge is 2.33. The third-order valence-corrected chi connectivity index (χ3v) is 4.06. The van der Waals surface area contributed by atoms with Crippen molar-refractivity contribution in [2.24, 2.45) is 5.92 Å². The molecule has 1 aliphatic carbocycles. The van der Waals surface area contributed by atoms with E-state index in [4.69, 9.17) is 5.11 Å². The molecule has 2 N–H and O–H groups in total. The van der Waals surface area contributed by atoms with Crippen LogP contribution in [0.15, 0.2) is 42.6 Å². The molecule has 1 amide bonds. The Morgan fingerprint density at radius 3 is 2.52 bits per heavy atom. The van der Waals surface area contributed by atoms with Crippen LogP contribution in [-0.4, -0.2) is 22.0 Å². The normalized spacial score (nSPS) is 15.0. The quantitative estimate of drug-likeness (QED) is 0.890. The molecule has 3 rings (SSSR count). The topological polar surface area (TPSA) is 79.3 Å². The summed E-state index contributed by atoms with van der Waals surface area (Å²) in [4.78, 5) is 27.4.